The molecule has 0 radical (unpaired) electrons. The lowest BCUT2D eigenvalue weighted by Crippen LogP contribution is -2.37. The molecule has 6 heteroatoms. The number of alkyl halides is 3. The molecule has 14 heavy (non-hydrogen) atoms. The summed E-state index contributed by atoms with van der Waals surface area (Å²) in [5.74, 6) is -1.52. The second-order valence-electron chi connectivity index (χ2n) is 3.66. The van der Waals surface area contributed by atoms with Gasteiger partial charge in [-0.2, -0.15) is 0 Å². The van der Waals surface area contributed by atoms with Crippen molar-refractivity contribution in [2.24, 2.45) is 5.92 Å². The van der Waals surface area contributed by atoms with Gasteiger partial charge in [0.15, 0.2) is 0 Å². The fourth-order valence-electron chi connectivity index (χ4n) is 1.73. The average Bonchev–Trinajstić information content (AvgIpc) is 2.48. The van der Waals surface area contributed by atoms with Gasteiger partial charge in [0.25, 0.3) is 0 Å². The van der Waals surface area contributed by atoms with E-state index in [2.05, 4.69) is 10.2 Å². The Kier molecular flexibility index (Phi) is 2.43. The average molecular weight is 222 g/mol. The molecule has 78 valence electrons. The first-order valence-electron chi connectivity index (χ1n) is 4.41. The van der Waals surface area contributed by atoms with Crippen LogP contribution in [0.3, 0.4) is 0 Å². The summed E-state index contributed by atoms with van der Waals surface area (Å²) in [5.41, 5.74) is 0. The van der Waals surface area contributed by atoms with Crippen LogP contribution in [0.15, 0.2) is 6.33 Å². The van der Waals surface area contributed by atoms with Gasteiger partial charge in [0.1, 0.15) is 12.2 Å². The Morgan fingerprint density at radius 2 is 2.29 bits per heavy atom. The predicted molar refractivity (Wildman–Crippen MR) is 47.3 cm³/mol. The van der Waals surface area contributed by atoms with Crippen molar-refractivity contribution in [3.8, 4) is 0 Å². The highest BCUT2D eigenvalue weighted by Gasteiger charge is 2.45. The van der Waals surface area contributed by atoms with E-state index in [-0.39, 0.29) is 24.6 Å². The zero-order chi connectivity index (χ0) is 10.2. The van der Waals surface area contributed by atoms with Gasteiger partial charge >= 0.3 is 0 Å². The molecule has 2 rings (SSSR count). The molecule has 0 unspecified atom stereocenters. The largest absolute Gasteiger partial charge is 0.316 e. The molecule has 0 saturated heterocycles. The summed E-state index contributed by atoms with van der Waals surface area (Å²) < 4.78 is 26.8. The van der Waals surface area contributed by atoms with E-state index in [1.807, 2.05) is 0 Å². The molecule has 1 saturated carbocycles. The maximum atomic E-state index is 12.5. The van der Waals surface area contributed by atoms with E-state index in [4.69, 9.17) is 11.6 Å². The predicted octanol–water partition coefficient (Wildman–Crippen LogP) is 2.06. The van der Waals surface area contributed by atoms with E-state index in [0.717, 1.165) is 0 Å². The molecule has 0 aromatic carbocycles. The molecule has 1 aromatic heterocycles. The van der Waals surface area contributed by atoms with Gasteiger partial charge < -0.3 is 4.57 Å². The van der Waals surface area contributed by atoms with E-state index in [9.17, 15) is 8.78 Å². The van der Waals surface area contributed by atoms with Crippen molar-refractivity contribution < 1.29 is 8.78 Å². The van der Waals surface area contributed by atoms with Crippen LogP contribution in [0.2, 0.25) is 0 Å². The molecular formula is C8H10ClF2N3. The lowest BCUT2D eigenvalue weighted by molar-refractivity contribution is -0.114. The second kappa shape index (κ2) is 3.46. The van der Waals surface area contributed by atoms with Crippen molar-refractivity contribution in [2.45, 2.75) is 31.2 Å². The van der Waals surface area contributed by atoms with E-state index < -0.39 is 5.92 Å². The third kappa shape index (κ3) is 1.87. The molecule has 0 atom stereocenters. The number of aromatic nitrogens is 3. The smallest absolute Gasteiger partial charge is 0.248 e. The second-order valence-corrected chi connectivity index (χ2v) is 3.93. The number of rotatable bonds is 3. The molecule has 1 heterocycles. The third-order valence-electron chi connectivity index (χ3n) is 2.44. The fourth-order valence-corrected chi connectivity index (χ4v) is 1.93. The van der Waals surface area contributed by atoms with Crippen molar-refractivity contribution in [3.05, 3.63) is 12.2 Å². The summed E-state index contributed by atoms with van der Waals surface area (Å²) in [7, 11) is 0. The lowest BCUT2D eigenvalue weighted by atomic mass is 9.81. The van der Waals surface area contributed by atoms with Crippen LogP contribution >= 0.6 is 11.6 Å². The first-order chi connectivity index (χ1) is 6.61. The Balaban J connectivity index is 1.93. The molecule has 1 aromatic rings. The first kappa shape index (κ1) is 9.83. The van der Waals surface area contributed by atoms with Crippen LogP contribution in [0.25, 0.3) is 0 Å². The van der Waals surface area contributed by atoms with Crippen LogP contribution in [0, 0.1) is 5.92 Å². The standard InChI is InChI=1S/C8H10ClF2N3/c9-3-7-13-12-5-14(7)4-6-1-8(10,11)2-6/h5-6H,1-4H2. The lowest BCUT2D eigenvalue weighted by Gasteiger charge is -2.35. The first-order valence-corrected chi connectivity index (χ1v) is 4.94. The van der Waals surface area contributed by atoms with Crippen molar-refractivity contribution >= 4 is 11.6 Å². The normalized spacial score (nSPS) is 20.8. The zero-order valence-electron chi connectivity index (χ0n) is 7.46. The maximum Gasteiger partial charge on any atom is 0.248 e. The van der Waals surface area contributed by atoms with Gasteiger partial charge in [0.2, 0.25) is 5.92 Å². The highest BCUT2D eigenvalue weighted by Crippen LogP contribution is 2.43. The van der Waals surface area contributed by atoms with Gasteiger partial charge in [-0.25, -0.2) is 8.78 Å². The van der Waals surface area contributed by atoms with Gasteiger partial charge in [-0.1, -0.05) is 0 Å². The van der Waals surface area contributed by atoms with Crippen LogP contribution in [-0.2, 0) is 12.4 Å². The van der Waals surface area contributed by atoms with E-state index in [0.29, 0.717) is 12.4 Å². The SMILES string of the molecule is FC1(F)CC(Cn2cnnc2CCl)C1. The number of nitrogens with zero attached hydrogens (tertiary/aromatic N) is 3. The molecule has 0 aliphatic heterocycles. The third-order valence-corrected chi connectivity index (χ3v) is 2.68. The monoisotopic (exact) mass is 221 g/mol. The van der Waals surface area contributed by atoms with Crippen LogP contribution < -0.4 is 0 Å². The Hall–Kier alpha value is -0.710. The van der Waals surface area contributed by atoms with Gasteiger partial charge in [-0.05, 0) is 5.92 Å². The van der Waals surface area contributed by atoms with E-state index in [1.165, 1.54) is 6.33 Å². The number of hydrogen-bond donors (Lipinski definition) is 0. The molecule has 3 nitrogen and oxygen atoms in total. The molecule has 1 fully saturated rings. The van der Waals surface area contributed by atoms with Gasteiger partial charge in [-0.15, -0.1) is 21.8 Å². The Morgan fingerprint density at radius 3 is 2.86 bits per heavy atom. The molecule has 0 N–H and O–H groups in total. The summed E-state index contributed by atoms with van der Waals surface area (Å²) in [6, 6.07) is 0. The zero-order valence-corrected chi connectivity index (χ0v) is 8.21. The van der Waals surface area contributed by atoms with Crippen LogP contribution in [0.1, 0.15) is 18.7 Å². The van der Waals surface area contributed by atoms with Gasteiger partial charge in [0, 0.05) is 19.4 Å². The van der Waals surface area contributed by atoms with Crippen molar-refractivity contribution in [1.29, 1.82) is 0 Å². The highest BCUT2D eigenvalue weighted by molar-refractivity contribution is 6.16. The summed E-state index contributed by atoms with van der Waals surface area (Å²) in [4.78, 5) is 0. The molecule has 1 aliphatic carbocycles. The molecule has 1 aliphatic rings. The van der Waals surface area contributed by atoms with Crippen molar-refractivity contribution in [3.63, 3.8) is 0 Å². The van der Waals surface area contributed by atoms with Crippen LogP contribution in [0.4, 0.5) is 8.78 Å². The molecule has 0 bridgehead atoms. The number of hydrogen-bond acceptors (Lipinski definition) is 2. The van der Waals surface area contributed by atoms with Crippen molar-refractivity contribution in [1.82, 2.24) is 14.8 Å². The topological polar surface area (TPSA) is 30.7 Å². The summed E-state index contributed by atoms with van der Waals surface area (Å²) in [6.07, 6.45) is 1.47. The van der Waals surface area contributed by atoms with Gasteiger partial charge in [0.05, 0.1) is 5.88 Å². The van der Waals surface area contributed by atoms with Crippen LogP contribution in [0.5, 0.6) is 0 Å². The van der Waals surface area contributed by atoms with Crippen molar-refractivity contribution in [2.75, 3.05) is 0 Å². The highest BCUT2D eigenvalue weighted by atomic mass is 35.5. The quantitative estimate of drug-likeness (QED) is 0.732. The molecular weight excluding hydrogens is 212 g/mol. The van der Waals surface area contributed by atoms with Gasteiger partial charge in [-0.3, -0.25) is 0 Å². The Morgan fingerprint density at radius 1 is 1.57 bits per heavy atom. The minimum absolute atomic E-state index is 0.0305. The fraction of sp³-hybridized carbons (Fsp3) is 0.750. The summed E-state index contributed by atoms with van der Waals surface area (Å²) in [6.45, 7) is 0.546. The maximum absolute atomic E-state index is 12.5. The van der Waals surface area contributed by atoms with E-state index in [1.54, 1.807) is 4.57 Å². The molecule has 0 amide bonds. The van der Waals surface area contributed by atoms with Crippen LogP contribution in [-0.4, -0.2) is 20.7 Å². The minimum Gasteiger partial charge on any atom is -0.316 e. The Labute approximate surface area is 85.1 Å². The number of halogens is 3. The summed E-state index contributed by atoms with van der Waals surface area (Å²) in [5, 5.41) is 7.46. The molecule has 0 spiro atoms. The minimum atomic E-state index is -2.46. The Bertz CT molecular complexity index is 318. The van der Waals surface area contributed by atoms with E-state index >= 15 is 0 Å². The summed E-state index contributed by atoms with van der Waals surface area (Å²) >= 11 is 5.60.